The van der Waals surface area contributed by atoms with Crippen molar-refractivity contribution in [2.24, 2.45) is 23.7 Å². The van der Waals surface area contributed by atoms with Gasteiger partial charge in [-0.05, 0) is 37.0 Å². The molecule has 0 N–H and O–H groups in total. The molecule has 0 radical (unpaired) electrons. The molecule has 0 unspecified atom stereocenters. The van der Waals surface area contributed by atoms with E-state index in [2.05, 4.69) is 26.0 Å². The number of carbonyl (C=O) groups is 1. The lowest BCUT2D eigenvalue weighted by Crippen LogP contribution is -2.22. The van der Waals surface area contributed by atoms with Crippen LogP contribution in [0.2, 0.25) is 0 Å². The summed E-state index contributed by atoms with van der Waals surface area (Å²) in [6, 6.07) is 0. The number of esters is 1. The van der Waals surface area contributed by atoms with Crippen molar-refractivity contribution >= 4 is 5.97 Å². The van der Waals surface area contributed by atoms with Crippen molar-refractivity contribution in [3.05, 3.63) is 12.2 Å². The van der Waals surface area contributed by atoms with Crippen LogP contribution >= 0.6 is 0 Å². The lowest BCUT2D eigenvalue weighted by Gasteiger charge is -2.16. The van der Waals surface area contributed by atoms with Gasteiger partial charge < -0.3 is 4.74 Å². The molecular formula is C13H20O2. The molecule has 2 rings (SSSR count). The zero-order valence-corrected chi connectivity index (χ0v) is 9.61. The second-order valence-electron chi connectivity index (χ2n) is 5.24. The Bertz CT molecular complexity index is 268. The summed E-state index contributed by atoms with van der Waals surface area (Å²) in [6.07, 6.45) is 7.61. The molecule has 1 saturated carbocycles. The Kier molecular flexibility index (Phi) is 3.13. The second kappa shape index (κ2) is 4.38. The van der Waals surface area contributed by atoms with E-state index in [1.165, 1.54) is 6.42 Å². The summed E-state index contributed by atoms with van der Waals surface area (Å²) < 4.78 is 5.32. The first kappa shape index (κ1) is 10.7. The topological polar surface area (TPSA) is 26.3 Å². The molecule has 3 atom stereocenters. The third kappa shape index (κ3) is 2.42. The standard InChI is InChI=1S/C13H20O2/c1-9(2)5-6-15-13(14)12-8-10-3-4-11(12)7-10/h3-4,9-12H,5-8H2,1-2H3/t10-,11+,12+/m0/s1. The fraction of sp³-hybridized carbons (Fsp3) is 0.769. The fourth-order valence-electron chi connectivity index (χ4n) is 2.55. The maximum Gasteiger partial charge on any atom is 0.309 e. The van der Waals surface area contributed by atoms with Crippen molar-refractivity contribution in [2.75, 3.05) is 6.61 Å². The lowest BCUT2D eigenvalue weighted by molar-refractivity contribution is -0.149. The normalized spacial score (nSPS) is 32.6. The van der Waals surface area contributed by atoms with Gasteiger partial charge in [-0.25, -0.2) is 0 Å². The molecule has 2 aliphatic carbocycles. The van der Waals surface area contributed by atoms with Gasteiger partial charge in [0.1, 0.15) is 0 Å². The molecule has 84 valence electrons. The summed E-state index contributed by atoms with van der Waals surface area (Å²) in [5.41, 5.74) is 0. The Morgan fingerprint density at radius 2 is 2.20 bits per heavy atom. The summed E-state index contributed by atoms with van der Waals surface area (Å²) in [7, 11) is 0. The molecule has 0 spiro atoms. The van der Waals surface area contributed by atoms with Gasteiger partial charge in [-0.1, -0.05) is 26.0 Å². The first-order valence-electron chi connectivity index (χ1n) is 6.01. The molecule has 15 heavy (non-hydrogen) atoms. The third-order valence-electron chi connectivity index (χ3n) is 3.52. The van der Waals surface area contributed by atoms with E-state index in [-0.39, 0.29) is 11.9 Å². The monoisotopic (exact) mass is 208 g/mol. The minimum atomic E-state index is 0.0347. The van der Waals surface area contributed by atoms with E-state index < -0.39 is 0 Å². The molecule has 0 aromatic heterocycles. The van der Waals surface area contributed by atoms with Gasteiger partial charge in [0.25, 0.3) is 0 Å². The van der Waals surface area contributed by atoms with Crippen LogP contribution in [0.3, 0.4) is 0 Å². The predicted octanol–water partition coefficient (Wildman–Crippen LogP) is 2.79. The van der Waals surface area contributed by atoms with Crippen LogP contribution in [-0.2, 0) is 9.53 Å². The Hall–Kier alpha value is -0.790. The molecule has 2 aliphatic rings. The average molecular weight is 208 g/mol. The zero-order chi connectivity index (χ0) is 10.8. The second-order valence-corrected chi connectivity index (χ2v) is 5.24. The van der Waals surface area contributed by atoms with Gasteiger partial charge in [-0.3, -0.25) is 4.79 Å². The van der Waals surface area contributed by atoms with Crippen LogP contribution < -0.4 is 0 Å². The molecule has 1 fully saturated rings. The molecule has 0 aromatic carbocycles. The highest BCUT2D eigenvalue weighted by molar-refractivity contribution is 5.74. The Labute approximate surface area is 91.7 Å². The summed E-state index contributed by atoms with van der Waals surface area (Å²) in [6.45, 7) is 4.89. The maximum absolute atomic E-state index is 11.8. The SMILES string of the molecule is CC(C)CCOC(=O)[C@@H]1C[C@H]2C=C[C@@H]1C2. The quantitative estimate of drug-likeness (QED) is 0.524. The fourth-order valence-corrected chi connectivity index (χ4v) is 2.55. The number of hydrogen-bond donors (Lipinski definition) is 0. The first-order valence-corrected chi connectivity index (χ1v) is 6.01. The highest BCUT2D eigenvalue weighted by atomic mass is 16.5. The Balaban J connectivity index is 1.75. The summed E-state index contributed by atoms with van der Waals surface area (Å²) in [5, 5.41) is 0. The Morgan fingerprint density at radius 1 is 1.40 bits per heavy atom. The smallest absolute Gasteiger partial charge is 0.309 e. The first-order chi connectivity index (χ1) is 7.16. The van der Waals surface area contributed by atoms with Crippen LogP contribution in [0.4, 0.5) is 0 Å². The third-order valence-corrected chi connectivity index (χ3v) is 3.52. The molecule has 0 aromatic rings. The van der Waals surface area contributed by atoms with Gasteiger partial charge in [0.2, 0.25) is 0 Å². The predicted molar refractivity (Wildman–Crippen MR) is 59.3 cm³/mol. The van der Waals surface area contributed by atoms with Crippen molar-refractivity contribution in [3.8, 4) is 0 Å². The van der Waals surface area contributed by atoms with E-state index in [9.17, 15) is 4.79 Å². The van der Waals surface area contributed by atoms with E-state index >= 15 is 0 Å². The van der Waals surface area contributed by atoms with Crippen molar-refractivity contribution in [1.29, 1.82) is 0 Å². The van der Waals surface area contributed by atoms with Crippen LogP contribution in [0.25, 0.3) is 0 Å². The molecule has 2 bridgehead atoms. The highest BCUT2D eigenvalue weighted by Crippen LogP contribution is 2.43. The largest absolute Gasteiger partial charge is 0.465 e. The van der Waals surface area contributed by atoms with Crippen LogP contribution in [-0.4, -0.2) is 12.6 Å². The van der Waals surface area contributed by atoms with Gasteiger partial charge in [0.05, 0.1) is 12.5 Å². The number of fused-ring (bicyclic) bond motifs is 2. The molecule has 2 heteroatoms. The molecule has 0 amide bonds. The van der Waals surface area contributed by atoms with Gasteiger partial charge in [0.15, 0.2) is 0 Å². The van der Waals surface area contributed by atoms with Crippen molar-refractivity contribution in [3.63, 3.8) is 0 Å². The molecule has 0 saturated heterocycles. The van der Waals surface area contributed by atoms with E-state index in [0.29, 0.717) is 24.4 Å². The Morgan fingerprint density at radius 3 is 2.73 bits per heavy atom. The van der Waals surface area contributed by atoms with Crippen LogP contribution in [0.5, 0.6) is 0 Å². The number of rotatable bonds is 4. The van der Waals surface area contributed by atoms with Gasteiger partial charge >= 0.3 is 5.97 Å². The minimum Gasteiger partial charge on any atom is -0.465 e. The van der Waals surface area contributed by atoms with Crippen LogP contribution in [0.15, 0.2) is 12.2 Å². The summed E-state index contributed by atoms with van der Waals surface area (Å²) in [4.78, 5) is 11.8. The van der Waals surface area contributed by atoms with Gasteiger partial charge in [0, 0.05) is 0 Å². The van der Waals surface area contributed by atoms with E-state index in [1.807, 2.05) is 0 Å². The van der Waals surface area contributed by atoms with Gasteiger partial charge in [-0.2, -0.15) is 0 Å². The zero-order valence-electron chi connectivity index (χ0n) is 9.61. The van der Waals surface area contributed by atoms with Gasteiger partial charge in [-0.15, -0.1) is 0 Å². The van der Waals surface area contributed by atoms with E-state index in [4.69, 9.17) is 4.74 Å². The summed E-state index contributed by atoms with van der Waals surface area (Å²) in [5.74, 6) is 1.93. The maximum atomic E-state index is 11.8. The average Bonchev–Trinajstić information content (AvgIpc) is 2.77. The van der Waals surface area contributed by atoms with E-state index in [1.54, 1.807) is 0 Å². The molecular weight excluding hydrogens is 188 g/mol. The number of hydrogen-bond acceptors (Lipinski definition) is 2. The minimum absolute atomic E-state index is 0.0347. The van der Waals surface area contributed by atoms with Crippen molar-refractivity contribution < 1.29 is 9.53 Å². The highest BCUT2D eigenvalue weighted by Gasteiger charge is 2.40. The molecule has 0 heterocycles. The lowest BCUT2D eigenvalue weighted by atomic mass is 9.94. The number of allylic oxidation sites excluding steroid dienone is 2. The molecule has 2 nitrogen and oxygen atoms in total. The molecule has 0 aliphatic heterocycles. The van der Waals surface area contributed by atoms with E-state index in [0.717, 1.165) is 12.8 Å². The van der Waals surface area contributed by atoms with Crippen LogP contribution in [0, 0.1) is 23.7 Å². The van der Waals surface area contributed by atoms with Crippen molar-refractivity contribution in [1.82, 2.24) is 0 Å². The summed E-state index contributed by atoms with van der Waals surface area (Å²) >= 11 is 0. The van der Waals surface area contributed by atoms with Crippen LogP contribution in [0.1, 0.15) is 33.1 Å². The number of carbonyl (C=O) groups excluding carboxylic acids is 1. The number of ether oxygens (including phenoxy) is 1. The van der Waals surface area contributed by atoms with Crippen molar-refractivity contribution in [2.45, 2.75) is 33.1 Å².